The average Bonchev–Trinajstić information content (AvgIpc) is 3.18. The van der Waals surface area contributed by atoms with Crippen LogP contribution in [0.5, 0.6) is 0 Å². The number of carbonyl (C=O) groups is 6. The Morgan fingerprint density at radius 1 is 0.833 bits per heavy atom. The van der Waals surface area contributed by atoms with E-state index in [1.807, 2.05) is 6.92 Å². The summed E-state index contributed by atoms with van der Waals surface area (Å²) in [5.41, 5.74) is 0. The molecule has 12 nitrogen and oxygen atoms in total. The zero-order valence-corrected chi connectivity index (χ0v) is 22.0. The highest BCUT2D eigenvalue weighted by Crippen LogP contribution is 2.26. The van der Waals surface area contributed by atoms with Gasteiger partial charge in [0, 0.05) is 42.7 Å². The van der Waals surface area contributed by atoms with Gasteiger partial charge >= 0.3 is 0 Å². The Bertz CT molecular complexity index is 792. The highest BCUT2D eigenvalue weighted by Gasteiger charge is 2.22. The fourth-order valence-corrected chi connectivity index (χ4v) is 4.92. The molecule has 36 heavy (non-hydrogen) atoms. The number of imide groups is 1. The van der Waals surface area contributed by atoms with Gasteiger partial charge in [-0.2, -0.15) is 0 Å². The molecular formula is C22H35N5O7S2. The number of rotatable bonds is 19. The number of nitrogens with one attached hydrogen (secondary N) is 4. The second kappa shape index (κ2) is 18.7. The molecular weight excluding hydrogens is 510 g/mol. The quantitative estimate of drug-likeness (QED) is 0.0782. The summed E-state index contributed by atoms with van der Waals surface area (Å²) in [6, 6.07) is 0. The van der Waals surface area contributed by atoms with Crippen molar-refractivity contribution in [2.24, 2.45) is 0 Å². The van der Waals surface area contributed by atoms with Crippen LogP contribution in [0.2, 0.25) is 0 Å². The summed E-state index contributed by atoms with van der Waals surface area (Å²) in [4.78, 5) is 71.1. The minimum atomic E-state index is -0.535. The lowest BCUT2D eigenvalue weighted by Crippen LogP contribution is -2.44. The number of nitrogens with zero attached hydrogens (tertiary/aromatic N) is 1. The maximum atomic E-state index is 11.8. The molecule has 14 heteroatoms. The van der Waals surface area contributed by atoms with E-state index in [9.17, 15) is 28.8 Å². The van der Waals surface area contributed by atoms with Gasteiger partial charge in [0.25, 0.3) is 11.8 Å². The van der Waals surface area contributed by atoms with E-state index in [4.69, 9.17) is 5.11 Å². The number of unbranched alkanes of at least 4 members (excludes halogenated alkanes) is 2. The molecule has 1 heterocycles. The minimum absolute atomic E-state index is 0.123. The molecule has 0 aromatic heterocycles. The Labute approximate surface area is 218 Å². The molecule has 0 fully saturated rings. The van der Waals surface area contributed by atoms with Crippen molar-refractivity contribution in [3.63, 3.8) is 0 Å². The van der Waals surface area contributed by atoms with E-state index in [0.29, 0.717) is 32.4 Å². The van der Waals surface area contributed by atoms with Gasteiger partial charge in [-0.25, -0.2) is 0 Å². The summed E-state index contributed by atoms with van der Waals surface area (Å²) in [5, 5.41) is 19.0. The second-order valence-electron chi connectivity index (χ2n) is 7.92. The summed E-state index contributed by atoms with van der Waals surface area (Å²) in [6.07, 6.45) is 5.19. The van der Waals surface area contributed by atoms with E-state index in [-0.39, 0.29) is 61.5 Å². The number of carbonyl (C=O) groups excluding carboxylic acids is 6. The highest BCUT2D eigenvalue weighted by molar-refractivity contribution is 8.76. The van der Waals surface area contributed by atoms with E-state index in [1.54, 1.807) is 21.6 Å². The fourth-order valence-electron chi connectivity index (χ4n) is 2.75. The number of aliphatic hydroxyl groups is 1. The lowest BCUT2D eigenvalue weighted by molar-refractivity contribution is -0.137. The fraction of sp³-hybridized carbons (Fsp3) is 0.636. The topological polar surface area (TPSA) is 174 Å². The van der Waals surface area contributed by atoms with Crippen LogP contribution in [0.4, 0.5) is 0 Å². The van der Waals surface area contributed by atoms with Crippen molar-refractivity contribution in [1.29, 1.82) is 0 Å². The molecule has 0 saturated carbocycles. The van der Waals surface area contributed by atoms with Crippen LogP contribution < -0.4 is 21.3 Å². The molecule has 1 atom stereocenters. The normalized spacial score (nSPS) is 13.4. The molecule has 1 unspecified atom stereocenters. The zero-order valence-electron chi connectivity index (χ0n) is 20.4. The number of amides is 6. The summed E-state index contributed by atoms with van der Waals surface area (Å²) in [7, 11) is 3.21. The highest BCUT2D eigenvalue weighted by atomic mass is 33.1. The van der Waals surface area contributed by atoms with Crippen LogP contribution in [0.3, 0.4) is 0 Å². The predicted octanol–water partition coefficient (Wildman–Crippen LogP) is -0.911. The van der Waals surface area contributed by atoms with E-state index in [0.717, 1.165) is 17.1 Å². The van der Waals surface area contributed by atoms with Gasteiger partial charge in [0.1, 0.15) is 0 Å². The maximum Gasteiger partial charge on any atom is 0.253 e. The van der Waals surface area contributed by atoms with Crippen LogP contribution in [0.1, 0.15) is 39.0 Å². The Morgan fingerprint density at radius 2 is 1.39 bits per heavy atom. The molecule has 1 aliphatic rings. The monoisotopic (exact) mass is 545 g/mol. The van der Waals surface area contributed by atoms with E-state index >= 15 is 0 Å². The van der Waals surface area contributed by atoms with E-state index in [2.05, 4.69) is 21.3 Å². The molecule has 0 aromatic carbocycles. The van der Waals surface area contributed by atoms with Crippen molar-refractivity contribution in [2.75, 3.05) is 45.1 Å². The predicted molar refractivity (Wildman–Crippen MR) is 138 cm³/mol. The van der Waals surface area contributed by atoms with Crippen LogP contribution >= 0.6 is 21.6 Å². The number of aliphatic hydroxyl groups excluding tert-OH is 1. The largest absolute Gasteiger partial charge is 0.395 e. The van der Waals surface area contributed by atoms with Gasteiger partial charge in [-0.3, -0.25) is 33.7 Å². The third-order valence-electron chi connectivity index (χ3n) is 4.74. The molecule has 0 aliphatic carbocycles. The third-order valence-corrected chi connectivity index (χ3v) is 7.70. The summed E-state index contributed by atoms with van der Waals surface area (Å²) in [5.74, 6) is -1.55. The molecule has 0 aromatic rings. The van der Waals surface area contributed by atoms with E-state index < -0.39 is 11.8 Å². The van der Waals surface area contributed by atoms with Gasteiger partial charge in [-0.05, 0) is 19.3 Å². The first-order valence-electron chi connectivity index (χ1n) is 11.7. The second-order valence-corrected chi connectivity index (χ2v) is 10.8. The Morgan fingerprint density at radius 3 is 1.97 bits per heavy atom. The maximum absolute atomic E-state index is 11.8. The lowest BCUT2D eigenvalue weighted by Gasteiger charge is -2.13. The molecule has 0 radical (unpaired) electrons. The van der Waals surface area contributed by atoms with Crippen LogP contribution in [0.15, 0.2) is 12.2 Å². The van der Waals surface area contributed by atoms with Crippen molar-refractivity contribution in [3.8, 4) is 0 Å². The molecule has 0 saturated heterocycles. The van der Waals surface area contributed by atoms with Gasteiger partial charge < -0.3 is 26.4 Å². The third kappa shape index (κ3) is 14.7. The first-order valence-corrected chi connectivity index (χ1v) is 14.1. The molecule has 0 spiro atoms. The first-order chi connectivity index (χ1) is 17.2. The van der Waals surface area contributed by atoms with Crippen molar-refractivity contribution < 1.29 is 33.9 Å². The Hall–Kier alpha value is -2.58. The average molecular weight is 546 g/mol. The van der Waals surface area contributed by atoms with Crippen molar-refractivity contribution in [1.82, 2.24) is 26.2 Å². The lowest BCUT2D eigenvalue weighted by atomic mass is 10.2. The number of hydrogen-bond donors (Lipinski definition) is 5. The van der Waals surface area contributed by atoms with Crippen LogP contribution in [-0.2, 0) is 28.8 Å². The van der Waals surface area contributed by atoms with Gasteiger partial charge in [-0.15, -0.1) is 0 Å². The summed E-state index contributed by atoms with van der Waals surface area (Å²) in [6.45, 7) is 2.04. The molecule has 5 N–H and O–H groups in total. The van der Waals surface area contributed by atoms with Crippen LogP contribution in [-0.4, -0.2) is 95.8 Å². The van der Waals surface area contributed by atoms with Crippen molar-refractivity contribution >= 4 is 57.0 Å². The number of hydrogen-bond acceptors (Lipinski definition) is 9. The Kier molecular flexibility index (Phi) is 16.3. The van der Waals surface area contributed by atoms with Gasteiger partial charge in [0.15, 0.2) is 0 Å². The van der Waals surface area contributed by atoms with Crippen LogP contribution in [0.25, 0.3) is 0 Å². The molecule has 202 valence electrons. The standard InChI is InChI=1S/C22H35N5O7S2/c1-16(15-28)36-35-11-5-9-23-18(30)12-25-20(32)14-26-19(31)13-24-17(29)6-3-2-4-10-27-21(33)7-8-22(27)34/h7-8,16,28H,2-6,9-15H2,1H3,(H,23,30)(H,24,29)(H,25,32)(H,26,31). The first kappa shape index (κ1) is 31.4. The Balaban J connectivity index is 1.99. The molecule has 1 aliphatic heterocycles. The SMILES string of the molecule is CC(CO)SSCCCNC(=O)CNC(=O)CNC(=O)CNC(=O)CCCCCN1C(=O)C=CC1=O. The van der Waals surface area contributed by atoms with Crippen molar-refractivity contribution in [3.05, 3.63) is 12.2 Å². The zero-order chi connectivity index (χ0) is 26.8. The molecule has 0 bridgehead atoms. The van der Waals surface area contributed by atoms with E-state index in [1.165, 1.54) is 12.2 Å². The van der Waals surface area contributed by atoms with Gasteiger partial charge in [0.05, 0.1) is 26.2 Å². The van der Waals surface area contributed by atoms with Crippen molar-refractivity contribution in [2.45, 2.75) is 44.3 Å². The molecule has 1 rings (SSSR count). The van der Waals surface area contributed by atoms with Gasteiger partial charge in [-0.1, -0.05) is 34.9 Å². The van der Waals surface area contributed by atoms with Gasteiger partial charge in [0.2, 0.25) is 23.6 Å². The smallest absolute Gasteiger partial charge is 0.253 e. The molecule has 6 amide bonds. The minimum Gasteiger partial charge on any atom is -0.395 e. The summed E-state index contributed by atoms with van der Waals surface area (Å²) < 4.78 is 0. The summed E-state index contributed by atoms with van der Waals surface area (Å²) >= 11 is 0. The van der Waals surface area contributed by atoms with Crippen LogP contribution in [0, 0.1) is 0 Å².